The molecule has 2 atom stereocenters. The molecule has 2 saturated heterocycles. The maximum absolute atomic E-state index is 12.4. The first kappa shape index (κ1) is 15.2. The van der Waals surface area contributed by atoms with Crippen LogP contribution in [-0.2, 0) is 19.1 Å². The van der Waals surface area contributed by atoms with E-state index < -0.39 is 0 Å². The molecule has 2 rings (SSSR count). The standard InChI is InChI=1S/C13H23N3O4/c1-10-12(14-3-8-20-10)13(18)16-6-4-15(5-7-16)11(17)9-19-2/h10,12,14H,3-9H2,1-2H3/t10-,12+/m1/s1. The minimum Gasteiger partial charge on any atom is -0.375 e. The molecule has 0 spiro atoms. The van der Waals surface area contributed by atoms with Crippen molar-refractivity contribution in [2.45, 2.75) is 19.1 Å². The van der Waals surface area contributed by atoms with E-state index >= 15 is 0 Å². The van der Waals surface area contributed by atoms with Crippen LogP contribution in [0.5, 0.6) is 0 Å². The molecular formula is C13H23N3O4. The second-order valence-electron chi connectivity index (χ2n) is 5.15. The molecule has 20 heavy (non-hydrogen) atoms. The van der Waals surface area contributed by atoms with Gasteiger partial charge in [-0.25, -0.2) is 0 Å². The Morgan fingerprint density at radius 2 is 1.90 bits per heavy atom. The summed E-state index contributed by atoms with van der Waals surface area (Å²) in [6, 6.07) is -0.273. The average molecular weight is 285 g/mol. The van der Waals surface area contributed by atoms with Gasteiger partial charge < -0.3 is 24.6 Å². The minimum atomic E-state index is -0.273. The number of ether oxygens (including phenoxy) is 2. The van der Waals surface area contributed by atoms with Crippen LogP contribution in [0.15, 0.2) is 0 Å². The van der Waals surface area contributed by atoms with Gasteiger partial charge in [-0.2, -0.15) is 0 Å². The van der Waals surface area contributed by atoms with Gasteiger partial charge in [0.15, 0.2) is 0 Å². The Kier molecular flexibility index (Phi) is 5.33. The van der Waals surface area contributed by atoms with E-state index in [0.29, 0.717) is 39.3 Å². The molecule has 0 saturated carbocycles. The highest BCUT2D eigenvalue weighted by molar-refractivity contribution is 5.83. The molecule has 0 aromatic rings. The first-order valence-corrected chi connectivity index (χ1v) is 7.04. The Hall–Kier alpha value is -1.18. The molecule has 7 heteroatoms. The van der Waals surface area contributed by atoms with Crippen LogP contribution in [0.3, 0.4) is 0 Å². The van der Waals surface area contributed by atoms with Gasteiger partial charge in [-0.3, -0.25) is 9.59 Å². The van der Waals surface area contributed by atoms with Gasteiger partial charge in [0.25, 0.3) is 0 Å². The van der Waals surface area contributed by atoms with Crippen molar-refractivity contribution >= 4 is 11.8 Å². The fraction of sp³-hybridized carbons (Fsp3) is 0.846. The molecule has 2 aliphatic heterocycles. The largest absolute Gasteiger partial charge is 0.375 e. The Balaban J connectivity index is 1.83. The van der Waals surface area contributed by atoms with Crippen LogP contribution in [0.1, 0.15) is 6.92 Å². The normalized spacial score (nSPS) is 27.5. The summed E-state index contributed by atoms with van der Waals surface area (Å²) < 4.78 is 10.3. The summed E-state index contributed by atoms with van der Waals surface area (Å²) in [5, 5.41) is 3.20. The van der Waals surface area contributed by atoms with Crippen molar-refractivity contribution in [1.29, 1.82) is 0 Å². The summed E-state index contributed by atoms with van der Waals surface area (Å²) in [7, 11) is 1.51. The monoisotopic (exact) mass is 285 g/mol. The van der Waals surface area contributed by atoms with Gasteiger partial charge in [-0.05, 0) is 6.92 Å². The zero-order chi connectivity index (χ0) is 14.5. The average Bonchev–Trinajstić information content (AvgIpc) is 2.47. The van der Waals surface area contributed by atoms with Crippen molar-refractivity contribution in [1.82, 2.24) is 15.1 Å². The lowest BCUT2D eigenvalue weighted by atomic mass is 10.1. The van der Waals surface area contributed by atoms with E-state index in [0.717, 1.165) is 0 Å². The Morgan fingerprint density at radius 1 is 1.25 bits per heavy atom. The summed E-state index contributed by atoms with van der Waals surface area (Å²) >= 11 is 0. The number of nitrogens with one attached hydrogen (secondary N) is 1. The van der Waals surface area contributed by atoms with Gasteiger partial charge in [0.05, 0.1) is 12.7 Å². The Labute approximate surface area is 119 Å². The van der Waals surface area contributed by atoms with Gasteiger partial charge >= 0.3 is 0 Å². The van der Waals surface area contributed by atoms with Crippen molar-refractivity contribution in [3.05, 3.63) is 0 Å². The van der Waals surface area contributed by atoms with E-state index in [1.165, 1.54) is 7.11 Å². The van der Waals surface area contributed by atoms with Gasteiger partial charge in [-0.1, -0.05) is 0 Å². The predicted molar refractivity (Wildman–Crippen MR) is 72.2 cm³/mol. The molecule has 2 amide bonds. The number of amides is 2. The molecular weight excluding hydrogens is 262 g/mol. The zero-order valence-corrected chi connectivity index (χ0v) is 12.1. The van der Waals surface area contributed by atoms with Crippen LogP contribution in [-0.4, -0.2) is 86.8 Å². The van der Waals surface area contributed by atoms with Crippen molar-refractivity contribution in [3.63, 3.8) is 0 Å². The van der Waals surface area contributed by atoms with Crippen LogP contribution in [0.25, 0.3) is 0 Å². The summed E-state index contributed by atoms with van der Waals surface area (Å²) in [4.78, 5) is 27.7. The molecule has 2 aliphatic rings. The van der Waals surface area contributed by atoms with Gasteiger partial charge in [0.2, 0.25) is 11.8 Å². The highest BCUT2D eigenvalue weighted by atomic mass is 16.5. The van der Waals surface area contributed by atoms with E-state index in [9.17, 15) is 9.59 Å². The molecule has 0 aromatic carbocycles. The van der Waals surface area contributed by atoms with E-state index in [4.69, 9.17) is 9.47 Å². The van der Waals surface area contributed by atoms with Crippen LogP contribution in [0.4, 0.5) is 0 Å². The van der Waals surface area contributed by atoms with Crippen LogP contribution < -0.4 is 5.32 Å². The number of methoxy groups -OCH3 is 1. The molecule has 2 heterocycles. The highest BCUT2D eigenvalue weighted by Gasteiger charge is 2.33. The van der Waals surface area contributed by atoms with Crippen molar-refractivity contribution in [2.75, 3.05) is 53.0 Å². The minimum absolute atomic E-state index is 0.0212. The molecule has 7 nitrogen and oxygen atoms in total. The first-order valence-electron chi connectivity index (χ1n) is 7.04. The first-order chi connectivity index (χ1) is 9.63. The summed E-state index contributed by atoms with van der Waals surface area (Å²) in [5.41, 5.74) is 0. The maximum atomic E-state index is 12.4. The predicted octanol–water partition coefficient (Wildman–Crippen LogP) is -1.32. The lowest BCUT2D eigenvalue weighted by molar-refractivity contribution is -0.146. The molecule has 2 fully saturated rings. The van der Waals surface area contributed by atoms with Gasteiger partial charge in [0.1, 0.15) is 12.6 Å². The highest BCUT2D eigenvalue weighted by Crippen LogP contribution is 2.10. The molecule has 114 valence electrons. The smallest absolute Gasteiger partial charge is 0.248 e. The lowest BCUT2D eigenvalue weighted by Crippen LogP contribution is -2.60. The van der Waals surface area contributed by atoms with Crippen LogP contribution >= 0.6 is 0 Å². The number of carbonyl (C=O) groups is 2. The number of morpholine rings is 1. The number of rotatable bonds is 3. The van der Waals surface area contributed by atoms with E-state index in [-0.39, 0.29) is 30.6 Å². The van der Waals surface area contributed by atoms with E-state index in [2.05, 4.69) is 5.32 Å². The molecule has 1 N–H and O–H groups in total. The maximum Gasteiger partial charge on any atom is 0.248 e. The van der Waals surface area contributed by atoms with Gasteiger partial charge in [0, 0.05) is 39.8 Å². The SMILES string of the molecule is COCC(=O)N1CCN(C(=O)[C@H]2NCCO[C@@H]2C)CC1. The molecule has 0 radical (unpaired) electrons. The summed E-state index contributed by atoms with van der Waals surface area (Å²) in [5.74, 6) is 0.0446. The summed E-state index contributed by atoms with van der Waals surface area (Å²) in [6.45, 7) is 5.62. The second kappa shape index (κ2) is 7.01. The topological polar surface area (TPSA) is 71.1 Å². The fourth-order valence-corrected chi connectivity index (χ4v) is 2.60. The quantitative estimate of drug-likeness (QED) is 0.696. The van der Waals surface area contributed by atoms with E-state index in [1.807, 2.05) is 6.92 Å². The Bertz CT molecular complexity index is 356. The zero-order valence-electron chi connectivity index (χ0n) is 12.1. The van der Waals surface area contributed by atoms with Crippen LogP contribution in [0, 0.1) is 0 Å². The van der Waals surface area contributed by atoms with Crippen molar-refractivity contribution in [3.8, 4) is 0 Å². The van der Waals surface area contributed by atoms with Crippen LogP contribution in [0.2, 0.25) is 0 Å². The molecule has 0 unspecified atom stereocenters. The number of hydrogen-bond donors (Lipinski definition) is 1. The van der Waals surface area contributed by atoms with Gasteiger partial charge in [-0.15, -0.1) is 0 Å². The molecule has 0 aliphatic carbocycles. The third kappa shape index (κ3) is 3.47. The third-order valence-electron chi connectivity index (χ3n) is 3.79. The number of carbonyl (C=O) groups excluding carboxylic acids is 2. The number of hydrogen-bond acceptors (Lipinski definition) is 5. The fourth-order valence-electron chi connectivity index (χ4n) is 2.60. The Morgan fingerprint density at radius 3 is 2.50 bits per heavy atom. The second-order valence-corrected chi connectivity index (χ2v) is 5.15. The van der Waals surface area contributed by atoms with E-state index in [1.54, 1.807) is 9.80 Å². The molecule has 0 aromatic heterocycles. The number of piperazine rings is 1. The molecule has 0 bridgehead atoms. The lowest BCUT2D eigenvalue weighted by Gasteiger charge is -2.38. The van der Waals surface area contributed by atoms with Crippen molar-refractivity contribution in [2.24, 2.45) is 0 Å². The third-order valence-corrected chi connectivity index (χ3v) is 3.79. The summed E-state index contributed by atoms with van der Waals surface area (Å²) in [6.07, 6.45) is -0.107. The number of nitrogens with zero attached hydrogens (tertiary/aromatic N) is 2. The van der Waals surface area contributed by atoms with Crippen molar-refractivity contribution < 1.29 is 19.1 Å².